The summed E-state index contributed by atoms with van der Waals surface area (Å²) in [5, 5.41) is 5.67. The normalized spacial score (nSPS) is 13.7. The number of rotatable bonds is 12. The Balaban J connectivity index is 0.000000129. The predicted molar refractivity (Wildman–Crippen MR) is 513 cm³/mol. The molecule has 0 bridgehead atoms. The van der Waals surface area contributed by atoms with E-state index in [0.29, 0.717) is 57.4 Å². The largest absolute Gasteiger partial charge is 0.287 e. The number of hydrogen-bond acceptors (Lipinski definition) is 5. The van der Waals surface area contributed by atoms with E-state index >= 15 is 0 Å². The van der Waals surface area contributed by atoms with Crippen molar-refractivity contribution >= 4 is 54.5 Å². The van der Waals surface area contributed by atoms with Crippen LogP contribution in [0.25, 0.3) is 111 Å². The van der Waals surface area contributed by atoms with Crippen molar-refractivity contribution in [3.63, 3.8) is 0 Å². The highest BCUT2D eigenvalue weighted by Crippen LogP contribution is 2.44. The first-order valence-corrected chi connectivity index (χ1v) is 46.2. The van der Waals surface area contributed by atoms with Crippen LogP contribution in [0.3, 0.4) is 0 Å². The number of fused-ring (bicyclic) bond motifs is 5. The maximum atomic E-state index is 14.4. The Kier molecular flexibility index (Phi) is 28.1. The van der Waals surface area contributed by atoms with E-state index in [0.717, 1.165) is 179 Å². The first-order valence-electron chi connectivity index (χ1n) is 46.2. The van der Waals surface area contributed by atoms with Crippen LogP contribution in [-0.4, -0.2) is 24.9 Å². The first kappa shape index (κ1) is 92.7. The molecule has 10 aromatic carbocycles. The minimum atomic E-state index is -0.110. The molecule has 0 aliphatic heterocycles. The summed E-state index contributed by atoms with van der Waals surface area (Å²) in [5.41, 5.74) is 34.9. The van der Waals surface area contributed by atoms with Gasteiger partial charge in [0.1, 0.15) is 57.6 Å². The van der Waals surface area contributed by atoms with Gasteiger partial charge in [-0.15, -0.1) is 0 Å². The molecule has 10 nitrogen and oxygen atoms in total. The van der Waals surface area contributed by atoms with Crippen molar-refractivity contribution in [2.24, 2.45) is 47.1 Å². The molecule has 662 valence electrons. The molecule has 0 saturated heterocycles. The maximum Gasteiger partial charge on any atom is 0.287 e. The van der Waals surface area contributed by atoms with E-state index in [1.54, 1.807) is 0 Å². The fourth-order valence-electron chi connectivity index (χ4n) is 20.3. The van der Waals surface area contributed by atoms with Crippen LogP contribution >= 0.6 is 0 Å². The maximum absolute atomic E-state index is 14.4. The van der Waals surface area contributed by atoms with Crippen LogP contribution in [0.4, 0.5) is 22.0 Å². The topological polar surface area (TPSA) is 83.8 Å². The molecular weight excluding hydrogens is 1590 g/mol. The second kappa shape index (κ2) is 38.9. The second-order valence-corrected chi connectivity index (χ2v) is 38.2. The van der Waals surface area contributed by atoms with E-state index in [2.05, 4.69) is 152 Å². The van der Waals surface area contributed by atoms with Crippen LogP contribution in [0.2, 0.25) is 0 Å². The van der Waals surface area contributed by atoms with Crippen LogP contribution in [0.5, 0.6) is 0 Å². The third-order valence-corrected chi connectivity index (χ3v) is 28.1. The van der Waals surface area contributed by atoms with E-state index in [4.69, 9.17) is 4.98 Å². The van der Waals surface area contributed by atoms with Crippen molar-refractivity contribution in [2.75, 3.05) is 0 Å². The average Bonchev–Trinajstić information content (AvgIpc) is 0.827. The monoisotopic (exact) mass is 1720 g/mol. The Morgan fingerprint density at radius 2 is 0.570 bits per heavy atom. The van der Waals surface area contributed by atoms with Crippen molar-refractivity contribution in [3.8, 4) is 56.3 Å². The van der Waals surface area contributed by atoms with Crippen molar-refractivity contribution in [1.82, 2.24) is 24.9 Å². The number of nitrogens with zero attached hydrogens (tertiary/aromatic N) is 10. The van der Waals surface area contributed by atoms with Crippen molar-refractivity contribution < 1.29 is 44.8 Å². The SMILES string of the molecule is Cc1cc(-c2c3cc(C4CCCC4)ccc3nc[n+]2C)c(C)c(C)c1F.Cc1cc(-c2c3cc(CC(C)C)ccc3nc[n+]2C)c(C)c(C)c1F.Cc1cc(-c2c3ccc(C4CCCC4)cc3nc[n+]2C)c(C)c(C)c1F.Cc1cc(-c2c3ccc(CC(C)C)cc3nc[n+]2C)c(C)c(C)c1F.Cc1cc(-c2c3cccc(C4CCCC4)c3nc[n+]2C)c(C)c(C)c1F. The molecule has 3 saturated carbocycles. The summed E-state index contributed by atoms with van der Waals surface area (Å²) in [4.78, 5) is 23.3. The molecule has 0 radical (unpaired) electrons. The number of halogens is 5. The van der Waals surface area contributed by atoms with Gasteiger partial charge in [-0.3, -0.25) is 0 Å². The number of aryl methyl sites for hydroxylation is 10. The van der Waals surface area contributed by atoms with Crippen LogP contribution in [0, 0.1) is 145 Å². The Labute approximate surface area is 755 Å². The molecule has 0 atom stereocenters. The summed E-state index contributed by atoms with van der Waals surface area (Å²) in [6, 6.07) is 42.8. The van der Waals surface area contributed by atoms with Crippen LogP contribution in [-0.2, 0) is 48.1 Å². The van der Waals surface area contributed by atoms with Gasteiger partial charge in [0.25, 0.3) is 31.6 Å². The van der Waals surface area contributed by atoms with Gasteiger partial charge in [-0.25, -0.2) is 44.8 Å². The Morgan fingerprint density at radius 3 is 0.953 bits per heavy atom. The van der Waals surface area contributed by atoms with E-state index in [9.17, 15) is 22.0 Å². The lowest BCUT2D eigenvalue weighted by Crippen LogP contribution is -2.32. The molecular formula is C113H130F5N10+5. The van der Waals surface area contributed by atoms with Gasteiger partial charge in [0.05, 0.1) is 62.2 Å². The number of benzene rings is 10. The summed E-state index contributed by atoms with van der Waals surface area (Å²) in [6.45, 7) is 37.4. The molecule has 3 aliphatic carbocycles. The Hall–Kier alpha value is -11.5. The predicted octanol–water partition coefficient (Wildman–Crippen LogP) is 26.3. The molecule has 15 heteroatoms. The summed E-state index contributed by atoms with van der Waals surface area (Å²) in [7, 11) is 10.1. The molecule has 0 spiro atoms. The van der Waals surface area contributed by atoms with Gasteiger partial charge in [0.15, 0.2) is 27.6 Å². The minimum absolute atomic E-state index is 0.0982. The van der Waals surface area contributed by atoms with Gasteiger partial charge >= 0.3 is 0 Å². The molecule has 0 amide bonds. The third-order valence-electron chi connectivity index (χ3n) is 28.1. The second-order valence-electron chi connectivity index (χ2n) is 38.2. The molecule has 18 rings (SSSR count). The standard InChI is InChI=1S/3C23H26FN2.2C22H26FN2/c1-14-12-20(15(2)16(3)21(14)24)23-19-11-7-10-18(17-8-5-6-9-17)22(19)25-13-26(23)4;1-14-11-19(15(2)16(3)22(14)24)23-20-12-18(17-7-5-6-8-17)9-10-21(20)25-13-26(23)4;1-14-11-20(15(2)16(3)22(14)24)23-19-10-9-18(17-7-5-6-8-17)12-21(19)25-13-26(23)4;1-13(2)9-17-7-8-20-19(11-17)22(25(6)12-24-20)18-10-14(3)21(23)16(5)15(18)4;1-13(2)9-17-7-8-18-20(11-17)24-12-25(6)22(18)19-10-14(3)21(23)16(5)15(19)4/h7,10-13,17H,5-6,8-9H2,1-4H3;2*9-13,17H,5-8H2,1-4H3;2*7-8,10-13H,9H2,1-6H3/q5*+1. The summed E-state index contributed by atoms with van der Waals surface area (Å²) < 4.78 is 81.8. The zero-order valence-corrected chi connectivity index (χ0v) is 80.1. The molecule has 3 fully saturated rings. The van der Waals surface area contributed by atoms with Crippen molar-refractivity contribution in [3.05, 3.63) is 293 Å². The summed E-state index contributed by atoms with van der Waals surface area (Å²) in [5.74, 6) is 2.65. The Morgan fingerprint density at radius 1 is 0.281 bits per heavy atom. The molecule has 5 heterocycles. The minimum Gasteiger partial charge on any atom is -0.232 e. The van der Waals surface area contributed by atoms with Crippen LogP contribution in [0.15, 0.2) is 153 Å². The third kappa shape index (κ3) is 18.8. The fraction of sp³-hybridized carbons (Fsp3) is 0.381. The number of aromatic nitrogens is 10. The van der Waals surface area contributed by atoms with E-state index in [1.165, 1.54) is 105 Å². The molecule has 0 N–H and O–H groups in total. The highest BCUT2D eigenvalue weighted by atomic mass is 19.1. The van der Waals surface area contributed by atoms with Gasteiger partial charge in [-0.1, -0.05) is 103 Å². The molecule has 15 aromatic rings. The molecule has 0 unspecified atom stereocenters. The van der Waals surface area contributed by atoms with Crippen LogP contribution < -0.4 is 22.8 Å². The van der Waals surface area contributed by atoms with Gasteiger partial charge in [-0.05, 0) is 400 Å². The number of hydrogen-bond donors (Lipinski definition) is 0. The lowest BCUT2D eigenvalue weighted by Gasteiger charge is -2.15. The number of para-hydroxylation sites is 1. The summed E-state index contributed by atoms with van der Waals surface area (Å²) in [6.07, 6.45) is 27.0. The molecule has 3 aliphatic rings. The average molecular weight is 1720 g/mol. The van der Waals surface area contributed by atoms with Gasteiger partial charge in [-0.2, -0.15) is 0 Å². The van der Waals surface area contributed by atoms with Gasteiger partial charge in [0, 0.05) is 33.4 Å². The fourth-order valence-corrected chi connectivity index (χ4v) is 20.3. The van der Waals surface area contributed by atoms with E-state index < -0.39 is 0 Å². The zero-order chi connectivity index (χ0) is 91.9. The Bertz CT molecular complexity index is 6730. The quantitative estimate of drug-likeness (QED) is 0.0899. The highest BCUT2D eigenvalue weighted by Gasteiger charge is 2.31. The zero-order valence-electron chi connectivity index (χ0n) is 80.1. The highest BCUT2D eigenvalue weighted by molar-refractivity contribution is 5.97. The summed E-state index contributed by atoms with van der Waals surface area (Å²) >= 11 is 0. The van der Waals surface area contributed by atoms with Gasteiger partial charge < -0.3 is 0 Å². The lowest BCUT2D eigenvalue weighted by molar-refractivity contribution is -0.662. The van der Waals surface area contributed by atoms with Crippen molar-refractivity contribution in [1.29, 1.82) is 0 Å². The van der Waals surface area contributed by atoms with Gasteiger partial charge in [0.2, 0.25) is 0 Å². The smallest absolute Gasteiger partial charge is 0.232 e. The van der Waals surface area contributed by atoms with E-state index in [1.807, 2.05) is 210 Å². The first-order chi connectivity index (χ1) is 61.0. The molecule has 5 aromatic heterocycles. The molecule has 128 heavy (non-hydrogen) atoms. The van der Waals surface area contributed by atoms with Crippen molar-refractivity contribution in [2.45, 2.75) is 239 Å². The van der Waals surface area contributed by atoms with Crippen LogP contribution in [0.1, 0.15) is 234 Å². The van der Waals surface area contributed by atoms with E-state index in [-0.39, 0.29) is 29.1 Å². The lowest BCUT2D eigenvalue weighted by atomic mass is 9.91.